The highest BCUT2D eigenvalue weighted by Crippen LogP contribution is 2.31. The van der Waals surface area contributed by atoms with Crippen LogP contribution in [0.3, 0.4) is 0 Å². The van der Waals surface area contributed by atoms with Crippen LogP contribution in [0.2, 0.25) is 0 Å². The maximum atomic E-state index is 12.3. The van der Waals surface area contributed by atoms with Gasteiger partial charge in [0.25, 0.3) is 0 Å². The number of nitrogens with zero attached hydrogens (tertiary/aromatic N) is 3. The first-order chi connectivity index (χ1) is 12.2. The fourth-order valence-electron chi connectivity index (χ4n) is 3.11. The molecule has 0 spiro atoms. The van der Waals surface area contributed by atoms with Crippen molar-refractivity contribution < 1.29 is 14.0 Å². The minimum atomic E-state index is -0.236. The summed E-state index contributed by atoms with van der Waals surface area (Å²) in [7, 11) is 0. The predicted octanol–water partition coefficient (Wildman–Crippen LogP) is 0.982. The van der Waals surface area contributed by atoms with Crippen molar-refractivity contribution in [1.82, 2.24) is 25.4 Å². The van der Waals surface area contributed by atoms with Gasteiger partial charge in [0.15, 0.2) is 5.76 Å². The van der Waals surface area contributed by atoms with E-state index in [0.717, 1.165) is 6.54 Å². The van der Waals surface area contributed by atoms with E-state index in [0.29, 0.717) is 49.3 Å². The molecular formula is C17H21N5O3. The molecule has 1 saturated carbocycles. The van der Waals surface area contributed by atoms with E-state index in [1.165, 1.54) is 12.8 Å². The number of likely N-dealkylation sites (tertiary alicyclic amines) is 1. The number of aromatic nitrogens is 3. The highest BCUT2D eigenvalue weighted by Gasteiger charge is 2.36. The molecule has 0 bridgehead atoms. The molecule has 2 amide bonds. The van der Waals surface area contributed by atoms with Gasteiger partial charge < -0.3 is 14.6 Å². The monoisotopic (exact) mass is 343 g/mol. The Kier molecular flexibility index (Phi) is 4.25. The number of carbonyl (C=O) groups is 2. The van der Waals surface area contributed by atoms with E-state index in [4.69, 9.17) is 4.42 Å². The lowest BCUT2D eigenvalue weighted by Crippen LogP contribution is -2.34. The Hall–Kier alpha value is -2.64. The van der Waals surface area contributed by atoms with Crippen molar-refractivity contribution in [1.29, 1.82) is 0 Å². The smallest absolute Gasteiger partial charge is 0.225 e. The van der Waals surface area contributed by atoms with Gasteiger partial charge in [-0.05, 0) is 30.9 Å². The second-order valence-electron chi connectivity index (χ2n) is 6.77. The van der Waals surface area contributed by atoms with Gasteiger partial charge in [-0.25, -0.2) is 4.98 Å². The molecule has 25 heavy (non-hydrogen) atoms. The van der Waals surface area contributed by atoms with E-state index in [1.54, 1.807) is 18.4 Å². The molecule has 1 saturated heterocycles. The van der Waals surface area contributed by atoms with Crippen molar-refractivity contribution in [2.75, 3.05) is 19.6 Å². The van der Waals surface area contributed by atoms with Crippen molar-refractivity contribution in [2.45, 2.75) is 25.7 Å². The van der Waals surface area contributed by atoms with Crippen molar-refractivity contribution in [3.8, 4) is 11.6 Å². The van der Waals surface area contributed by atoms with E-state index in [2.05, 4.69) is 20.5 Å². The van der Waals surface area contributed by atoms with Gasteiger partial charge in [-0.1, -0.05) is 0 Å². The molecular weight excluding hydrogens is 322 g/mol. The Morgan fingerprint density at radius 2 is 2.32 bits per heavy atom. The minimum Gasteiger partial charge on any atom is -0.461 e. The lowest BCUT2D eigenvalue weighted by atomic mass is 10.1. The topological polar surface area (TPSA) is 104 Å². The van der Waals surface area contributed by atoms with Crippen LogP contribution in [0.1, 0.15) is 25.1 Å². The van der Waals surface area contributed by atoms with Crippen LogP contribution in [0.15, 0.2) is 22.8 Å². The van der Waals surface area contributed by atoms with E-state index in [9.17, 15) is 9.59 Å². The Morgan fingerprint density at radius 1 is 1.44 bits per heavy atom. The fourth-order valence-corrected chi connectivity index (χ4v) is 3.11. The van der Waals surface area contributed by atoms with Crippen LogP contribution in [0.25, 0.3) is 11.6 Å². The Bertz CT molecular complexity index is 750. The van der Waals surface area contributed by atoms with E-state index < -0.39 is 0 Å². The summed E-state index contributed by atoms with van der Waals surface area (Å²) in [6.45, 7) is 1.82. The number of hydrogen-bond acceptors (Lipinski definition) is 5. The van der Waals surface area contributed by atoms with Crippen LogP contribution in [0.5, 0.6) is 0 Å². The highest BCUT2D eigenvalue weighted by molar-refractivity contribution is 5.89. The lowest BCUT2D eigenvalue weighted by Gasteiger charge is -2.15. The zero-order valence-corrected chi connectivity index (χ0v) is 13.9. The van der Waals surface area contributed by atoms with E-state index >= 15 is 0 Å². The van der Waals surface area contributed by atoms with Crippen molar-refractivity contribution in [3.63, 3.8) is 0 Å². The van der Waals surface area contributed by atoms with Crippen LogP contribution in [0, 0.1) is 11.8 Å². The predicted molar refractivity (Wildman–Crippen MR) is 88.2 cm³/mol. The maximum Gasteiger partial charge on any atom is 0.225 e. The average molecular weight is 343 g/mol. The lowest BCUT2D eigenvalue weighted by molar-refractivity contribution is -0.129. The zero-order valence-electron chi connectivity index (χ0n) is 13.9. The molecule has 2 aromatic heterocycles. The van der Waals surface area contributed by atoms with Gasteiger partial charge in [-0.15, -0.1) is 0 Å². The van der Waals surface area contributed by atoms with Crippen LogP contribution < -0.4 is 5.32 Å². The van der Waals surface area contributed by atoms with Crippen molar-refractivity contribution in [3.05, 3.63) is 24.2 Å². The normalized spacial score (nSPS) is 20.2. The van der Waals surface area contributed by atoms with Crippen LogP contribution in [0.4, 0.5) is 0 Å². The molecule has 1 aliphatic heterocycles. The molecule has 2 fully saturated rings. The number of hydrogen-bond donors (Lipinski definition) is 2. The molecule has 1 aliphatic carbocycles. The van der Waals surface area contributed by atoms with Gasteiger partial charge in [0.2, 0.25) is 17.6 Å². The molecule has 0 aromatic carbocycles. The van der Waals surface area contributed by atoms with Gasteiger partial charge in [-0.3, -0.25) is 14.7 Å². The summed E-state index contributed by atoms with van der Waals surface area (Å²) >= 11 is 0. The second-order valence-corrected chi connectivity index (χ2v) is 6.77. The molecule has 3 heterocycles. The maximum absolute atomic E-state index is 12.3. The SMILES string of the molecule is O=C(NCCc1nc(-c2ccco2)n[nH]1)[C@H]1CC(=O)N(CC2CC2)C1. The number of H-pyrrole nitrogens is 1. The first kappa shape index (κ1) is 15.9. The molecule has 8 nitrogen and oxygen atoms in total. The summed E-state index contributed by atoms with van der Waals surface area (Å²) in [5, 5.41) is 9.84. The number of carbonyl (C=O) groups excluding carboxylic acids is 2. The zero-order chi connectivity index (χ0) is 17.2. The summed E-state index contributed by atoms with van der Waals surface area (Å²) in [4.78, 5) is 30.4. The summed E-state index contributed by atoms with van der Waals surface area (Å²) in [6.07, 6.45) is 4.85. The Morgan fingerprint density at radius 3 is 3.08 bits per heavy atom. The molecule has 8 heteroatoms. The first-order valence-electron chi connectivity index (χ1n) is 8.69. The molecule has 4 rings (SSSR count). The van der Waals surface area contributed by atoms with Gasteiger partial charge in [0.05, 0.1) is 12.2 Å². The van der Waals surface area contributed by atoms with Gasteiger partial charge in [0.1, 0.15) is 5.82 Å². The molecule has 2 aliphatic rings. The van der Waals surface area contributed by atoms with Crippen molar-refractivity contribution in [2.24, 2.45) is 11.8 Å². The highest BCUT2D eigenvalue weighted by atomic mass is 16.3. The molecule has 132 valence electrons. The number of furan rings is 1. The van der Waals surface area contributed by atoms with E-state index in [1.807, 2.05) is 4.90 Å². The molecule has 0 unspecified atom stereocenters. The average Bonchev–Trinajstić information content (AvgIpc) is 3.01. The number of aromatic amines is 1. The van der Waals surface area contributed by atoms with Crippen molar-refractivity contribution >= 4 is 11.8 Å². The van der Waals surface area contributed by atoms with Gasteiger partial charge in [0, 0.05) is 32.5 Å². The van der Waals surface area contributed by atoms with Crippen LogP contribution in [-0.4, -0.2) is 51.5 Å². The summed E-state index contributed by atoms with van der Waals surface area (Å²) in [5.41, 5.74) is 0. The summed E-state index contributed by atoms with van der Waals surface area (Å²) in [5.74, 6) is 2.25. The van der Waals surface area contributed by atoms with E-state index in [-0.39, 0.29) is 17.7 Å². The van der Waals surface area contributed by atoms with Gasteiger partial charge in [-0.2, -0.15) is 5.10 Å². The third kappa shape index (κ3) is 3.72. The second kappa shape index (κ2) is 6.70. The third-order valence-corrected chi connectivity index (χ3v) is 4.70. The molecule has 0 radical (unpaired) electrons. The van der Waals surface area contributed by atoms with Gasteiger partial charge >= 0.3 is 0 Å². The largest absolute Gasteiger partial charge is 0.461 e. The number of nitrogens with one attached hydrogen (secondary N) is 2. The molecule has 2 aromatic rings. The summed E-state index contributed by atoms with van der Waals surface area (Å²) < 4.78 is 5.24. The fraction of sp³-hybridized carbons (Fsp3) is 0.529. The first-order valence-corrected chi connectivity index (χ1v) is 8.69. The quantitative estimate of drug-likeness (QED) is 0.780. The number of rotatable bonds is 7. The standard InChI is InChI=1S/C17H21N5O3/c23-15-8-12(10-22(15)9-11-3-4-11)17(24)18-6-5-14-19-16(21-20-14)13-2-1-7-25-13/h1-2,7,11-12H,3-6,8-10H2,(H,18,24)(H,19,20,21)/t12-/m0/s1. The Balaban J connectivity index is 1.23. The molecule has 1 atom stereocenters. The van der Waals surface area contributed by atoms with Crippen LogP contribution in [-0.2, 0) is 16.0 Å². The third-order valence-electron chi connectivity index (χ3n) is 4.70. The minimum absolute atomic E-state index is 0.0579. The summed E-state index contributed by atoms with van der Waals surface area (Å²) in [6, 6.07) is 3.57. The van der Waals surface area contributed by atoms with Crippen LogP contribution >= 0.6 is 0 Å². The number of amides is 2. The molecule has 2 N–H and O–H groups in total. The Labute approximate surface area is 145 Å².